The number of ether oxygens (including phenoxy) is 13. The summed E-state index contributed by atoms with van der Waals surface area (Å²) in [4.78, 5) is 82.2. The second-order valence-corrected chi connectivity index (χ2v) is 32.8. The van der Waals surface area contributed by atoms with E-state index in [9.17, 15) is 46.3 Å². The van der Waals surface area contributed by atoms with Crippen LogP contribution in [0.5, 0.6) is 0 Å². The molecule has 0 aromatic heterocycles. The number of fused-ring (bicyclic) bond motifs is 5. The number of esters is 1. The second-order valence-electron chi connectivity index (χ2n) is 32.8. The summed E-state index contributed by atoms with van der Waals surface area (Å²) in [5.74, 6) is -0.244. The van der Waals surface area contributed by atoms with E-state index >= 15 is 0 Å². The number of carbonyl (C=O) groups excluding carboxylic acids is 6. The minimum absolute atomic E-state index is 0.0286. The van der Waals surface area contributed by atoms with Crippen molar-refractivity contribution in [2.45, 2.75) is 195 Å². The van der Waals surface area contributed by atoms with Crippen LogP contribution in [0.3, 0.4) is 0 Å². The molecule has 1 saturated heterocycles. The molecule has 26 heteroatoms. The van der Waals surface area contributed by atoms with Gasteiger partial charge < -0.3 is 77.1 Å². The van der Waals surface area contributed by atoms with E-state index < -0.39 is 64.9 Å². The zero-order valence-corrected chi connectivity index (χ0v) is 68.7. The number of benzene rings is 2. The number of Topliss-reactive ketones (excluding diaryl/α,β-unsaturated/α-hetero) is 2. The number of ketones is 2. The van der Waals surface area contributed by atoms with Crippen molar-refractivity contribution in [3.05, 3.63) is 70.0 Å². The van der Waals surface area contributed by atoms with E-state index in [0.717, 1.165) is 66.9 Å². The number of amides is 3. The van der Waals surface area contributed by atoms with Crippen molar-refractivity contribution in [2.24, 2.45) is 69.8 Å². The van der Waals surface area contributed by atoms with Gasteiger partial charge in [0.15, 0.2) is 0 Å². The van der Waals surface area contributed by atoms with Gasteiger partial charge >= 0.3 is 12.1 Å². The molecule has 1 aliphatic heterocycles. The summed E-state index contributed by atoms with van der Waals surface area (Å²) in [5.41, 5.74) is 7.60. The monoisotopic (exact) mass is 1590 g/mol. The Morgan fingerprint density at radius 1 is 0.580 bits per heavy atom. The lowest BCUT2D eigenvalue weighted by atomic mass is 9.44. The van der Waals surface area contributed by atoms with Crippen molar-refractivity contribution in [3.63, 3.8) is 0 Å². The summed E-state index contributed by atoms with van der Waals surface area (Å²) in [6, 6.07) is 7.22. The molecule has 0 bridgehead atoms. The predicted octanol–water partition coefficient (Wildman–Crippen LogP) is 13.0. The molecule has 112 heavy (non-hydrogen) atoms. The van der Waals surface area contributed by atoms with E-state index in [0.29, 0.717) is 179 Å². The number of primary amides is 1. The van der Waals surface area contributed by atoms with Gasteiger partial charge in [-0.05, 0) is 185 Å². The highest BCUT2D eigenvalue weighted by Gasteiger charge is 2.61. The Bertz CT molecular complexity index is 3150. The minimum atomic E-state index is -4.56. The SMILES string of the molecule is Cc1cc([C@H](C)N(C)C(=O)[C@H]2CCN(C(=O)C(=O)CCCOCCOCCOCCOCCOCCOCCOCCOCCOCCOCCOCCOCCC(=O)C[C@@H](CC(=O)O[C@H]3CC[C@@]4(C)[C@@H](CC[C@@H]5[C@@H]4CC[C@]4(C)[C@@H]([C@H](C)CCCC(C)C)CC[C@@H]54)C3)C(N)=O)C[C@@H]2c2ccc(F)cc2C)cc(C(F)(F)F)c1. The molecule has 4 saturated carbocycles. The van der Waals surface area contributed by atoms with Crippen molar-refractivity contribution in [2.75, 3.05) is 179 Å². The minimum Gasteiger partial charge on any atom is -0.462 e. The number of hydrogen-bond acceptors (Lipinski definition) is 19. The van der Waals surface area contributed by atoms with Gasteiger partial charge in [-0.2, -0.15) is 13.2 Å². The third-order valence-electron chi connectivity index (χ3n) is 24.6. The molecule has 5 aliphatic rings. The molecule has 2 aromatic carbocycles. The second kappa shape index (κ2) is 49.2. The maximum Gasteiger partial charge on any atom is 0.416 e. The van der Waals surface area contributed by atoms with Crippen LogP contribution in [0.15, 0.2) is 36.4 Å². The first-order valence-corrected chi connectivity index (χ1v) is 41.7. The average molecular weight is 1590 g/mol. The van der Waals surface area contributed by atoms with Gasteiger partial charge in [-0.15, -0.1) is 0 Å². The highest BCUT2D eigenvalue weighted by Crippen LogP contribution is 2.68. The Labute approximate surface area is 663 Å². The Balaban J connectivity index is 0.573. The standard InChI is InChI=1S/C86H135F4N3O19/c1-60(2)12-10-13-62(4)76-19-20-77-74-17-15-67-58-71(21-25-84(67,7)78(74)22-26-85(76,77)8)112-80(96)57-66(81(91)97)56-70(94)24-29-101-31-33-103-35-37-105-39-41-107-43-45-109-47-49-111-51-50-110-48-46-108-44-42-106-40-38-104-36-34-102-32-30-100-28-11-14-79(95)83(99)93-27-23-73(75(59-93)72-18-16-69(87)54-63(72)5)82(98)92(9)64(6)65-52-61(3)53-68(55-65)86(88,89)90/h16,18,52-55,60,62,64,66-67,71,73-78H,10-15,17,19-51,56-59H2,1-9H3,(H2,91,97)/t62-,64+,66+,67+,71+,73+,74+,75-,76-,77+,78+,84+,85-/m1/s1. The maximum atomic E-state index is 14.2. The highest BCUT2D eigenvalue weighted by molar-refractivity contribution is 6.36. The van der Waals surface area contributed by atoms with Gasteiger partial charge in [0.05, 0.1) is 176 Å². The molecular formula is C86H135F4N3O19. The van der Waals surface area contributed by atoms with Crippen molar-refractivity contribution >= 4 is 35.3 Å². The normalized spacial score (nSPS) is 23.9. The van der Waals surface area contributed by atoms with Crippen molar-refractivity contribution in [3.8, 4) is 0 Å². The van der Waals surface area contributed by atoms with Crippen molar-refractivity contribution < 1.29 is 108 Å². The zero-order chi connectivity index (χ0) is 81.1. The number of carbonyl (C=O) groups is 6. The number of rotatable bonds is 56. The van der Waals surface area contributed by atoms with E-state index in [1.807, 2.05) is 0 Å². The molecule has 4 aliphatic carbocycles. The third-order valence-corrected chi connectivity index (χ3v) is 24.6. The molecule has 13 atom stereocenters. The molecule has 5 fully saturated rings. The van der Waals surface area contributed by atoms with E-state index in [4.69, 9.17) is 67.3 Å². The number of nitrogens with zero attached hydrogens (tertiary/aromatic N) is 2. The summed E-state index contributed by atoms with van der Waals surface area (Å²) < 4.78 is 128. The molecule has 0 radical (unpaired) electrons. The van der Waals surface area contributed by atoms with E-state index in [2.05, 4.69) is 34.6 Å². The van der Waals surface area contributed by atoms with Gasteiger partial charge in [0.25, 0.3) is 5.91 Å². The Kier molecular flexibility index (Phi) is 41.3. The molecule has 636 valence electrons. The first-order chi connectivity index (χ1) is 53.7. The first-order valence-electron chi connectivity index (χ1n) is 41.7. The number of hydrogen-bond donors (Lipinski definition) is 1. The number of piperidine rings is 1. The average Bonchev–Trinajstić information content (AvgIpc) is 0.949. The fraction of sp³-hybridized carbons (Fsp3) is 0.791. The number of alkyl halides is 3. The van der Waals surface area contributed by atoms with Crippen LogP contribution in [-0.4, -0.2) is 230 Å². The van der Waals surface area contributed by atoms with Crippen molar-refractivity contribution in [1.29, 1.82) is 0 Å². The largest absolute Gasteiger partial charge is 0.462 e. The van der Waals surface area contributed by atoms with E-state index in [1.165, 1.54) is 79.7 Å². The van der Waals surface area contributed by atoms with Gasteiger partial charge in [0.2, 0.25) is 17.6 Å². The van der Waals surface area contributed by atoms with E-state index in [-0.39, 0.29) is 88.2 Å². The highest BCUT2D eigenvalue weighted by atomic mass is 19.4. The van der Waals surface area contributed by atoms with Gasteiger partial charge in [0, 0.05) is 57.8 Å². The maximum absolute atomic E-state index is 14.2. The van der Waals surface area contributed by atoms with Gasteiger partial charge in [-0.3, -0.25) is 28.8 Å². The summed E-state index contributed by atoms with van der Waals surface area (Å²) in [7, 11) is 1.54. The molecule has 0 spiro atoms. The van der Waals surface area contributed by atoms with Gasteiger partial charge in [0.1, 0.15) is 17.7 Å². The van der Waals surface area contributed by atoms with Crippen LogP contribution >= 0.6 is 0 Å². The Morgan fingerprint density at radius 2 is 1.10 bits per heavy atom. The molecule has 0 unspecified atom stereocenters. The van der Waals surface area contributed by atoms with Crippen LogP contribution in [0.1, 0.15) is 197 Å². The van der Waals surface area contributed by atoms with Crippen molar-refractivity contribution in [1.82, 2.24) is 9.80 Å². The number of halogens is 4. The summed E-state index contributed by atoms with van der Waals surface area (Å²) in [6.07, 6.45) is 10.3. The fourth-order valence-electron chi connectivity index (χ4n) is 18.5. The van der Waals surface area contributed by atoms with Crippen LogP contribution in [0.2, 0.25) is 0 Å². The molecule has 3 amide bonds. The fourth-order valence-corrected chi connectivity index (χ4v) is 18.5. The number of aryl methyl sites for hydroxylation is 2. The molecule has 7 rings (SSSR count). The molecule has 2 aromatic rings. The number of likely N-dealkylation sites (tertiary alicyclic amines) is 1. The zero-order valence-electron chi connectivity index (χ0n) is 68.7. The van der Waals surface area contributed by atoms with Crippen LogP contribution in [-0.2, 0) is 96.5 Å². The van der Waals surface area contributed by atoms with Crippen LogP contribution in [0, 0.1) is 83.8 Å². The molecule has 1 heterocycles. The summed E-state index contributed by atoms with van der Waals surface area (Å²) >= 11 is 0. The van der Waals surface area contributed by atoms with Gasteiger partial charge in [-0.25, -0.2) is 4.39 Å². The first kappa shape index (κ1) is 94.1. The molecular weight excluding hydrogens is 1450 g/mol. The van der Waals surface area contributed by atoms with Crippen LogP contribution in [0.25, 0.3) is 0 Å². The third kappa shape index (κ3) is 30.4. The lowest BCUT2D eigenvalue weighted by molar-refractivity contribution is -0.164. The summed E-state index contributed by atoms with van der Waals surface area (Å²) in [6.45, 7) is 26.4. The molecule has 22 nitrogen and oxygen atoms in total. The topological polar surface area (TPSA) is 255 Å². The Morgan fingerprint density at radius 3 is 1.62 bits per heavy atom. The quantitative estimate of drug-likeness (QED) is 0.0279. The smallest absolute Gasteiger partial charge is 0.416 e. The predicted molar refractivity (Wildman–Crippen MR) is 414 cm³/mol. The van der Waals surface area contributed by atoms with E-state index in [1.54, 1.807) is 40.0 Å². The van der Waals surface area contributed by atoms with Crippen LogP contribution in [0.4, 0.5) is 17.6 Å². The number of nitrogens with two attached hydrogens (primary N) is 1. The molecule has 2 N–H and O–H groups in total. The lowest BCUT2D eigenvalue weighted by Crippen LogP contribution is -2.54. The van der Waals surface area contributed by atoms with Crippen LogP contribution < -0.4 is 5.73 Å². The summed E-state index contributed by atoms with van der Waals surface area (Å²) in [5, 5.41) is 0. The Hall–Kier alpha value is -5.10. The lowest BCUT2D eigenvalue weighted by Gasteiger charge is -2.61. The van der Waals surface area contributed by atoms with Gasteiger partial charge in [-0.1, -0.05) is 71.6 Å².